The van der Waals surface area contributed by atoms with Crippen molar-refractivity contribution in [2.24, 2.45) is 0 Å². The second-order valence-corrected chi connectivity index (χ2v) is 8.41. The minimum atomic E-state index is -3.85. The normalized spacial score (nSPS) is 11.2. The van der Waals surface area contributed by atoms with E-state index in [1.807, 2.05) is 0 Å². The van der Waals surface area contributed by atoms with E-state index in [2.05, 4.69) is 5.32 Å². The molecule has 0 aliphatic rings. The second-order valence-electron chi connectivity index (χ2n) is 6.03. The molecule has 0 spiro atoms. The molecule has 0 atom stereocenters. The summed E-state index contributed by atoms with van der Waals surface area (Å²) in [4.78, 5) is 12.6. The summed E-state index contributed by atoms with van der Waals surface area (Å²) in [6, 6.07) is 14.9. The van der Waals surface area contributed by atoms with Crippen molar-refractivity contribution in [1.29, 1.82) is 0 Å². The number of hydrogen-bond acceptors (Lipinski definition) is 3. The average Bonchev–Trinajstić information content (AvgIpc) is 2.71. The molecule has 0 aliphatic heterocycles. The van der Waals surface area contributed by atoms with Crippen LogP contribution >= 0.6 is 11.6 Å². The Hall–Kier alpha value is -2.97. The number of rotatable bonds is 5. The van der Waals surface area contributed by atoms with Crippen molar-refractivity contribution in [2.45, 2.75) is 4.90 Å². The van der Waals surface area contributed by atoms with Crippen LogP contribution in [0.25, 0.3) is 0 Å². The van der Waals surface area contributed by atoms with Crippen LogP contribution in [0.15, 0.2) is 71.6 Å². The van der Waals surface area contributed by atoms with Gasteiger partial charge in [0.2, 0.25) is 0 Å². The van der Waals surface area contributed by atoms with Gasteiger partial charge in [0.05, 0.1) is 21.2 Å². The van der Waals surface area contributed by atoms with Gasteiger partial charge in [-0.05, 0) is 42.5 Å². The molecule has 0 aromatic heterocycles. The molecule has 29 heavy (non-hydrogen) atoms. The van der Waals surface area contributed by atoms with Crippen LogP contribution < -0.4 is 9.62 Å². The van der Waals surface area contributed by atoms with Crippen molar-refractivity contribution < 1.29 is 22.0 Å². The predicted octanol–water partition coefficient (Wildman–Crippen LogP) is 4.70. The van der Waals surface area contributed by atoms with Gasteiger partial charge in [0, 0.05) is 18.8 Å². The predicted molar refractivity (Wildman–Crippen MR) is 108 cm³/mol. The van der Waals surface area contributed by atoms with Crippen molar-refractivity contribution in [1.82, 2.24) is 0 Å². The summed E-state index contributed by atoms with van der Waals surface area (Å²) in [5.41, 5.74) is 0.207. The average molecular weight is 437 g/mol. The lowest BCUT2D eigenvalue weighted by Crippen LogP contribution is -2.27. The number of amides is 1. The highest BCUT2D eigenvalue weighted by Gasteiger charge is 2.22. The molecule has 0 aliphatic carbocycles. The van der Waals surface area contributed by atoms with E-state index >= 15 is 0 Å². The lowest BCUT2D eigenvalue weighted by atomic mass is 10.1. The Morgan fingerprint density at radius 2 is 1.66 bits per heavy atom. The molecule has 0 saturated carbocycles. The molecule has 0 unspecified atom stereocenters. The maximum atomic E-state index is 13.3. The molecule has 3 rings (SSSR count). The Balaban J connectivity index is 1.91. The van der Waals surface area contributed by atoms with E-state index in [1.54, 1.807) is 18.2 Å². The van der Waals surface area contributed by atoms with Crippen LogP contribution in [-0.2, 0) is 10.0 Å². The van der Waals surface area contributed by atoms with Crippen molar-refractivity contribution in [3.63, 3.8) is 0 Å². The number of sulfonamides is 1. The van der Waals surface area contributed by atoms with Crippen LogP contribution in [0.3, 0.4) is 0 Å². The molecule has 0 fully saturated rings. The van der Waals surface area contributed by atoms with E-state index in [0.717, 1.165) is 16.4 Å². The van der Waals surface area contributed by atoms with E-state index in [9.17, 15) is 22.0 Å². The molecule has 9 heteroatoms. The first-order valence-corrected chi connectivity index (χ1v) is 10.1. The third kappa shape index (κ3) is 4.38. The van der Waals surface area contributed by atoms with E-state index < -0.39 is 27.6 Å². The summed E-state index contributed by atoms with van der Waals surface area (Å²) in [6.07, 6.45) is 0. The largest absolute Gasteiger partial charge is 0.322 e. The van der Waals surface area contributed by atoms with Gasteiger partial charge in [-0.2, -0.15) is 0 Å². The van der Waals surface area contributed by atoms with Crippen LogP contribution in [0.2, 0.25) is 5.02 Å². The zero-order valence-corrected chi connectivity index (χ0v) is 16.6. The fourth-order valence-electron chi connectivity index (χ4n) is 2.54. The van der Waals surface area contributed by atoms with Gasteiger partial charge in [0.15, 0.2) is 11.6 Å². The topological polar surface area (TPSA) is 66.5 Å². The van der Waals surface area contributed by atoms with Gasteiger partial charge in [0.1, 0.15) is 0 Å². The molecule has 3 aromatic carbocycles. The first-order valence-electron chi connectivity index (χ1n) is 8.30. The fourth-order valence-corrected chi connectivity index (χ4v) is 3.96. The van der Waals surface area contributed by atoms with Crippen LogP contribution in [0.5, 0.6) is 0 Å². The van der Waals surface area contributed by atoms with Crippen molar-refractivity contribution in [3.8, 4) is 0 Å². The number of nitrogens with zero attached hydrogens (tertiary/aromatic N) is 1. The second kappa shape index (κ2) is 8.18. The molecule has 1 N–H and O–H groups in total. The van der Waals surface area contributed by atoms with Crippen LogP contribution in [0.4, 0.5) is 20.2 Å². The SMILES string of the molecule is CN(c1ccc(Cl)c(C(=O)Nc2ccc(F)c(F)c2)c1)S(=O)(=O)c1ccccc1. The molecule has 1 amide bonds. The van der Waals surface area contributed by atoms with Crippen molar-refractivity contribution in [2.75, 3.05) is 16.7 Å². The first-order chi connectivity index (χ1) is 13.7. The Morgan fingerprint density at radius 3 is 2.31 bits per heavy atom. The van der Waals surface area contributed by atoms with E-state index in [-0.39, 0.29) is 26.9 Å². The van der Waals surface area contributed by atoms with Gasteiger partial charge in [-0.15, -0.1) is 0 Å². The zero-order valence-electron chi connectivity index (χ0n) is 15.1. The van der Waals surface area contributed by atoms with Gasteiger partial charge in [-0.1, -0.05) is 29.8 Å². The summed E-state index contributed by atoms with van der Waals surface area (Å²) in [5.74, 6) is -2.86. The van der Waals surface area contributed by atoms with Gasteiger partial charge >= 0.3 is 0 Å². The molecule has 0 bridgehead atoms. The van der Waals surface area contributed by atoms with E-state index in [1.165, 1.54) is 43.4 Å². The number of nitrogens with one attached hydrogen (secondary N) is 1. The van der Waals surface area contributed by atoms with Gasteiger partial charge in [-0.3, -0.25) is 9.10 Å². The Kier molecular flexibility index (Phi) is 5.86. The maximum Gasteiger partial charge on any atom is 0.264 e. The zero-order chi connectivity index (χ0) is 21.2. The van der Waals surface area contributed by atoms with Gasteiger partial charge in [-0.25, -0.2) is 17.2 Å². The lowest BCUT2D eigenvalue weighted by molar-refractivity contribution is 0.102. The Labute approximate surface area is 171 Å². The quantitative estimate of drug-likeness (QED) is 0.630. The molecule has 3 aromatic rings. The third-order valence-electron chi connectivity index (χ3n) is 4.14. The van der Waals surface area contributed by atoms with E-state index in [4.69, 9.17) is 11.6 Å². The first kappa shape index (κ1) is 20.8. The van der Waals surface area contributed by atoms with Crippen LogP contribution in [0, 0.1) is 11.6 Å². The number of carbonyl (C=O) groups is 1. The summed E-state index contributed by atoms with van der Waals surface area (Å²) in [5, 5.41) is 2.47. The molecule has 0 radical (unpaired) electrons. The number of halogens is 3. The highest BCUT2D eigenvalue weighted by Crippen LogP contribution is 2.27. The maximum absolute atomic E-state index is 13.3. The van der Waals surface area contributed by atoms with Crippen molar-refractivity contribution >= 4 is 38.9 Å². The highest BCUT2D eigenvalue weighted by atomic mass is 35.5. The summed E-state index contributed by atoms with van der Waals surface area (Å²) >= 11 is 6.09. The molecular formula is C20H15ClF2N2O3S. The summed E-state index contributed by atoms with van der Waals surface area (Å²) in [7, 11) is -2.50. The standard InChI is InChI=1S/C20H15ClF2N2O3S/c1-25(29(27,28)15-5-3-2-4-6-15)14-8-9-17(21)16(12-14)20(26)24-13-7-10-18(22)19(23)11-13/h2-12H,1H3,(H,24,26). The van der Waals surface area contributed by atoms with Crippen molar-refractivity contribution in [3.05, 3.63) is 89.0 Å². The molecular weight excluding hydrogens is 422 g/mol. The third-order valence-corrected chi connectivity index (χ3v) is 6.27. The fraction of sp³-hybridized carbons (Fsp3) is 0.0500. The van der Waals surface area contributed by atoms with Crippen LogP contribution in [0.1, 0.15) is 10.4 Å². The van der Waals surface area contributed by atoms with Gasteiger partial charge in [0.25, 0.3) is 15.9 Å². The minimum Gasteiger partial charge on any atom is -0.322 e. The smallest absolute Gasteiger partial charge is 0.264 e. The Morgan fingerprint density at radius 1 is 0.966 bits per heavy atom. The molecule has 150 valence electrons. The molecule has 0 heterocycles. The summed E-state index contributed by atoms with van der Waals surface area (Å²) < 4.78 is 53.0. The Bertz CT molecular complexity index is 1170. The molecule has 0 saturated heterocycles. The van der Waals surface area contributed by atoms with Crippen LogP contribution in [-0.4, -0.2) is 21.4 Å². The molecule has 5 nitrogen and oxygen atoms in total. The van der Waals surface area contributed by atoms with E-state index in [0.29, 0.717) is 0 Å². The number of anilines is 2. The number of benzene rings is 3. The monoisotopic (exact) mass is 436 g/mol. The number of hydrogen-bond donors (Lipinski definition) is 1. The minimum absolute atomic E-state index is 0.0241. The highest BCUT2D eigenvalue weighted by molar-refractivity contribution is 7.92. The number of carbonyl (C=O) groups excluding carboxylic acids is 1. The lowest BCUT2D eigenvalue weighted by Gasteiger charge is -2.20. The van der Waals surface area contributed by atoms with Gasteiger partial charge < -0.3 is 5.32 Å². The summed E-state index contributed by atoms with van der Waals surface area (Å²) in [6.45, 7) is 0.